The monoisotopic (exact) mass is 404 g/mol. The highest BCUT2D eigenvalue weighted by atomic mass is 16.5. The highest BCUT2D eigenvalue weighted by molar-refractivity contribution is 5.88. The number of hydrogen-bond acceptors (Lipinski definition) is 11. The number of carbonyl (C=O) groups excluding carboxylic acids is 1. The molecule has 0 amide bonds. The Hall–Kier alpha value is -2.86. The molecule has 0 aromatic carbocycles. The normalized spacial score (nSPS) is 17.4. The molecule has 2 aliphatic heterocycles. The van der Waals surface area contributed by atoms with Gasteiger partial charge in [0.2, 0.25) is 11.9 Å². The van der Waals surface area contributed by atoms with Crippen molar-refractivity contribution in [3.05, 3.63) is 11.4 Å². The summed E-state index contributed by atoms with van der Waals surface area (Å²) in [6, 6.07) is 0. The van der Waals surface area contributed by atoms with Crippen molar-refractivity contribution >= 4 is 17.9 Å². The van der Waals surface area contributed by atoms with Crippen molar-refractivity contribution in [3.8, 4) is 5.95 Å². The zero-order chi connectivity index (χ0) is 20.2. The smallest absolute Gasteiger partial charge is 0.360 e. The first-order valence-corrected chi connectivity index (χ1v) is 9.68. The molecule has 0 spiro atoms. The van der Waals surface area contributed by atoms with Gasteiger partial charge in [0, 0.05) is 26.2 Å². The number of morpholine rings is 2. The van der Waals surface area contributed by atoms with Gasteiger partial charge in [-0.25, -0.2) is 4.79 Å². The lowest BCUT2D eigenvalue weighted by molar-refractivity contribution is 0.0518. The molecule has 0 bridgehead atoms. The van der Waals surface area contributed by atoms with Gasteiger partial charge in [-0.1, -0.05) is 5.21 Å². The molecule has 2 aliphatic rings. The summed E-state index contributed by atoms with van der Waals surface area (Å²) >= 11 is 0. The van der Waals surface area contributed by atoms with Gasteiger partial charge in [-0.05, 0) is 13.8 Å². The maximum atomic E-state index is 12.1. The van der Waals surface area contributed by atoms with Gasteiger partial charge < -0.3 is 24.0 Å². The summed E-state index contributed by atoms with van der Waals surface area (Å²) in [7, 11) is 0. The number of nitrogens with zero attached hydrogens (tertiary/aromatic N) is 8. The van der Waals surface area contributed by atoms with E-state index in [-0.39, 0.29) is 12.3 Å². The van der Waals surface area contributed by atoms with Crippen LogP contribution in [0.3, 0.4) is 0 Å². The van der Waals surface area contributed by atoms with Gasteiger partial charge in [-0.2, -0.15) is 19.6 Å². The van der Waals surface area contributed by atoms with Crippen LogP contribution in [0.25, 0.3) is 5.95 Å². The van der Waals surface area contributed by atoms with Crippen LogP contribution in [0.5, 0.6) is 0 Å². The predicted octanol–water partition coefficient (Wildman–Crippen LogP) is -0.389. The van der Waals surface area contributed by atoms with Crippen molar-refractivity contribution in [2.45, 2.75) is 13.8 Å². The van der Waals surface area contributed by atoms with E-state index in [1.54, 1.807) is 13.8 Å². The number of hydrogen-bond donors (Lipinski definition) is 0. The molecule has 156 valence electrons. The first kappa shape index (κ1) is 19.5. The van der Waals surface area contributed by atoms with E-state index in [0.717, 1.165) is 0 Å². The fourth-order valence-electron chi connectivity index (χ4n) is 3.15. The van der Waals surface area contributed by atoms with Crippen LogP contribution in [-0.4, -0.2) is 95.1 Å². The topological polar surface area (TPSA) is 121 Å². The Labute approximate surface area is 167 Å². The molecule has 4 rings (SSSR count). The zero-order valence-electron chi connectivity index (χ0n) is 16.6. The SMILES string of the molecule is CCOC(=O)c1nnn(-c2nc(N3CCOCC3)nc(N3CCOCC3)n2)c1C. The highest BCUT2D eigenvalue weighted by Crippen LogP contribution is 2.19. The molecular weight excluding hydrogens is 380 g/mol. The van der Waals surface area contributed by atoms with E-state index < -0.39 is 5.97 Å². The lowest BCUT2D eigenvalue weighted by Crippen LogP contribution is -2.40. The molecule has 2 aromatic rings. The Bertz CT molecular complexity index is 825. The quantitative estimate of drug-likeness (QED) is 0.606. The lowest BCUT2D eigenvalue weighted by Gasteiger charge is -2.30. The zero-order valence-corrected chi connectivity index (χ0v) is 16.6. The van der Waals surface area contributed by atoms with E-state index in [2.05, 4.69) is 35.1 Å². The second-order valence-electron chi connectivity index (χ2n) is 6.59. The Morgan fingerprint density at radius 1 is 0.931 bits per heavy atom. The third kappa shape index (κ3) is 4.12. The number of aromatic nitrogens is 6. The van der Waals surface area contributed by atoms with E-state index in [9.17, 15) is 4.79 Å². The Kier molecular flexibility index (Phi) is 5.81. The first-order valence-electron chi connectivity index (χ1n) is 9.68. The van der Waals surface area contributed by atoms with Crippen LogP contribution in [-0.2, 0) is 14.2 Å². The van der Waals surface area contributed by atoms with E-state index in [4.69, 9.17) is 14.2 Å². The molecular formula is C17H24N8O4. The molecule has 0 aliphatic carbocycles. The summed E-state index contributed by atoms with van der Waals surface area (Å²) in [6.07, 6.45) is 0. The fraction of sp³-hybridized carbons (Fsp3) is 0.647. The van der Waals surface area contributed by atoms with E-state index in [1.165, 1.54) is 4.68 Å². The van der Waals surface area contributed by atoms with Gasteiger partial charge in [-0.15, -0.1) is 5.10 Å². The molecule has 12 nitrogen and oxygen atoms in total. The predicted molar refractivity (Wildman–Crippen MR) is 102 cm³/mol. The van der Waals surface area contributed by atoms with Gasteiger partial charge in [0.15, 0.2) is 5.69 Å². The molecule has 2 fully saturated rings. The van der Waals surface area contributed by atoms with Crippen molar-refractivity contribution in [1.82, 2.24) is 29.9 Å². The Balaban J connectivity index is 1.72. The second-order valence-corrected chi connectivity index (χ2v) is 6.59. The van der Waals surface area contributed by atoms with E-state index in [0.29, 0.717) is 76.1 Å². The third-order valence-corrected chi connectivity index (χ3v) is 4.74. The number of rotatable bonds is 5. The Morgan fingerprint density at radius 2 is 1.45 bits per heavy atom. The molecule has 0 N–H and O–H groups in total. The molecule has 2 aromatic heterocycles. The fourth-order valence-corrected chi connectivity index (χ4v) is 3.15. The van der Waals surface area contributed by atoms with Gasteiger partial charge >= 0.3 is 5.97 Å². The summed E-state index contributed by atoms with van der Waals surface area (Å²) in [5.74, 6) is 0.885. The van der Waals surface area contributed by atoms with Gasteiger partial charge in [0.25, 0.3) is 5.95 Å². The first-order chi connectivity index (χ1) is 14.2. The standard InChI is InChI=1S/C17H24N8O4/c1-3-29-14(26)13-12(2)25(22-21-13)17-19-15(23-4-8-27-9-5-23)18-16(20-17)24-6-10-28-11-7-24/h3-11H2,1-2H3. The third-order valence-electron chi connectivity index (χ3n) is 4.74. The maximum absolute atomic E-state index is 12.1. The minimum atomic E-state index is -0.521. The molecule has 4 heterocycles. The molecule has 0 atom stereocenters. The maximum Gasteiger partial charge on any atom is 0.360 e. The minimum Gasteiger partial charge on any atom is -0.461 e. The summed E-state index contributed by atoms with van der Waals surface area (Å²) in [6.45, 7) is 8.96. The van der Waals surface area contributed by atoms with Crippen LogP contribution in [0, 0.1) is 6.92 Å². The summed E-state index contributed by atoms with van der Waals surface area (Å²) in [5, 5.41) is 8.05. The number of ether oxygens (including phenoxy) is 3. The van der Waals surface area contributed by atoms with E-state index in [1.807, 2.05) is 0 Å². The average molecular weight is 404 g/mol. The van der Waals surface area contributed by atoms with Crippen LogP contribution < -0.4 is 9.80 Å². The molecule has 0 unspecified atom stereocenters. The molecule has 2 saturated heterocycles. The van der Waals surface area contributed by atoms with Crippen LogP contribution >= 0.6 is 0 Å². The van der Waals surface area contributed by atoms with Crippen molar-refractivity contribution in [1.29, 1.82) is 0 Å². The molecule has 0 saturated carbocycles. The van der Waals surface area contributed by atoms with Crippen molar-refractivity contribution < 1.29 is 19.0 Å². The van der Waals surface area contributed by atoms with Crippen LogP contribution in [0.1, 0.15) is 23.1 Å². The number of carbonyl (C=O) groups is 1. The second kappa shape index (κ2) is 8.66. The van der Waals surface area contributed by atoms with Crippen LogP contribution in [0.15, 0.2) is 0 Å². The molecule has 12 heteroatoms. The molecule has 29 heavy (non-hydrogen) atoms. The summed E-state index contributed by atoms with van der Waals surface area (Å²) in [5.41, 5.74) is 0.656. The van der Waals surface area contributed by atoms with Crippen LogP contribution in [0.4, 0.5) is 11.9 Å². The minimum absolute atomic E-state index is 0.146. The van der Waals surface area contributed by atoms with Gasteiger partial charge in [0.1, 0.15) is 0 Å². The summed E-state index contributed by atoms with van der Waals surface area (Å²) < 4.78 is 17.4. The summed E-state index contributed by atoms with van der Waals surface area (Å²) in [4.78, 5) is 30.1. The molecule has 0 radical (unpaired) electrons. The van der Waals surface area contributed by atoms with Gasteiger partial charge in [0.05, 0.1) is 38.7 Å². The number of esters is 1. The van der Waals surface area contributed by atoms with Crippen molar-refractivity contribution in [2.24, 2.45) is 0 Å². The highest BCUT2D eigenvalue weighted by Gasteiger charge is 2.24. The number of anilines is 2. The van der Waals surface area contributed by atoms with Crippen molar-refractivity contribution in [2.75, 3.05) is 69.0 Å². The van der Waals surface area contributed by atoms with Crippen molar-refractivity contribution in [3.63, 3.8) is 0 Å². The largest absolute Gasteiger partial charge is 0.461 e. The van der Waals surface area contributed by atoms with Gasteiger partial charge in [-0.3, -0.25) is 0 Å². The lowest BCUT2D eigenvalue weighted by atomic mass is 10.3. The van der Waals surface area contributed by atoms with E-state index >= 15 is 0 Å². The average Bonchev–Trinajstić information content (AvgIpc) is 3.16. The van der Waals surface area contributed by atoms with Crippen LogP contribution in [0.2, 0.25) is 0 Å². The Morgan fingerprint density at radius 3 is 1.97 bits per heavy atom.